The SMILES string of the molecule is CCc1ccc(CC2=CCNCC2)nc1. The fourth-order valence-electron chi connectivity index (χ4n) is 1.83. The molecule has 0 radical (unpaired) electrons. The molecule has 80 valence electrons. The smallest absolute Gasteiger partial charge is 0.0444 e. The van der Waals surface area contributed by atoms with Gasteiger partial charge >= 0.3 is 0 Å². The lowest BCUT2D eigenvalue weighted by atomic mass is 10.0. The van der Waals surface area contributed by atoms with Crippen molar-refractivity contribution in [1.82, 2.24) is 10.3 Å². The summed E-state index contributed by atoms with van der Waals surface area (Å²) in [7, 11) is 0. The molecule has 0 atom stereocenters. The summed E-state index contributed by atoms with van der Waals surface area (Å²) in [6.07, 6.45) is 7.54. The van der Waals surface area contributed by atoms with Crippen molar-refractivity contribution in [1.29, 1.82) is 0 Å². The number of rotatable bonds is 3. The van der Waals surface area contributed by atoms with Crippen molar-refractivity contribution < 1.29 is 0 Å². The lowest BCUT2D eigenvalue weighted by Gasteiger charge is -2.13. The van der Waals surface area contributed by atoms with Crippen molar-refractivity contribution in [2.24, 2.45) is 0 Å². The van der Waals surface area contributed by atoms with E-state index >= 15 is 0 Å². The number of hydrogen-bond acceptors (Lipinski definition) is 2. The molecule has 2 heterocycles. The second kappa shape index (κ2) is 5.08. The first kappa shape index (κ1) is 10.4. The minimum atomic E-state index is 1.02. The molecule has 0 fully saturated rings. The lowest BCUT2D eigenvalue weighted by Crippen LogP contribution is -2.21. The fourth-order valence-corrected chi connectivity index (χ4v) is 1.83. The molecule has 0 saturated heterocycles. The van der Waals surface area contributed by atoms with Crippen molar-refractivity contribution in [3.63, 3.8) is 0 Å². The van der Waals surface area contributed by atoms with Gasteiger partial charge in [0.25, 0.3) is 0 Å². The predicted octanol–water partition coefficient (Wildman–Crippen LogP) is 2.11. The largest absolute Gasteiger partial charge is 0.313 e. The first-order valence-corrected chi connectivity index (χ1v) is 5.71. The molecule has 0 saturated carbocycles. The number of nitrogens with one attached hydrogen (secondary N) is 1. The average Bonchev–Trinajstić information content (AvgIpc) is 2.31. The van der Waals surface area contributed by atoms with Gasteiger partial charge in [0.2, 0.25) is 0 Å². The van der Waals surface area contributed by atoms with Gasteiger partial charge in [-0.15, -0.1) is 0 Å². The summed E-state index contributed by atoms with van der Waals surface area (Å²) >= 11 is 0. The predicted molar refractivity (Wildman–Crippen MR) is 62.9 cm³/mol. The first-order chi connectivity index (χ1) is 7.38. The van der Waals surface area contributed by atoms with Crippen molar-refractivity contribution in [2.45, 2.75) is 26.2 Å². The Morgan fingerprint density at radius 1 is 1.40 bits per heavy atom. The van der Waals surface area contributed by atoms with E-state index in [1.54, 1.807) is 0 Å². The van der Waals surface area contributed by atoms with Gasteiger partial charge in [-0.3, -0.25) is 4.98 Å². The molecule has 1 aliphatic rings. The van der Waals surface area contributed by atoms with Crippen LogP contribution in [-0.2, 0) is 12.8 Å². The minimum Gasteiger partial charge on any atom is -0.313 e. The van der Waals surface area contributed by atoms with Crippen molar-refractivity contribution in [3.05, 3.63) is 41.2 Å². The maximum absolute atomic E-state index is 4.48. The van der Waals surface area contributed by atoms with Crippen LogP contribution < -0.4 is 5.32 Å². The quantitative estimate of drug-likeness (QED) is 0.759. The first-order valence-electron chi connectivity index (χ1n) is 5.71. The lowest BCUT2D eigenvalue weighted by molar-refractivity contribution is 0.689. The highest BCUT2D eigenvalue weighted by Gasteiger charge is 2.04. The molecule has 0 aromatic carbocycles. The second-order valence-electron chi connectivity index (χ2n) is 4.00. The highest BCUT2D eigenvalue weighted by atomic mass is 14.8. The van der Waals surface area contributed by atoms with Gasteiger partial charge in [-0.05, 0) is 31.0 Å². The number of hydrogen-bond donors (Lipinski definition) is 1. The average molecular weight is 202 g/mol. The maximum Gasteiger partial charge on any atom is 0.0444 e. The normalized spacial score (nSPS) is 16.2. The molecule has 0 bridgehead atoms. The van der Waals surface area contributed by atoms with E-state index in [9.17, 15) is 0 Å². The van der Waals surface area contributed by atoms with E-state index < -0.39 is 0 Å². The monoisotopic (exact) mass is 202 g/mol. The van der Waals surface area contributed by atoms with Crippen LogP contribution in [-0.4, -0.2) is 18.1 Å². The van der Waals surface area contributed by atoms with Gasteiger partial charge in [0, 0.05) is 24.9 Å². The highest BCUT2D eigenvalue weighted by molar-refractivity contribution is 5.20. The molecule has 15 heavy (non-hydrogen) atoms. The van der Waals surface area contributed by atoms with E-state index in [2.05, 4.69) is 35.4 Å². The Bertz CT molecular complexity index is 338. The Balaban J connectivity index is 2.00. The third-order valence-corrected chi connectivity index (χ3v) is 2.86. The van der Waals surface area contributed by atoms with Crippen LogP contribution in [0, 0.1) is 0 Å². The van der Waals surface area contributed by atoms with E-state index in [1.807, 2.05) is 6.20 Å². The van der Waals surface area contributed by atoms with Crippen LogP contribution in [0.1, 0.15) is 24.6 Å². The summed E-state index contributed by atoms with van der Waals surface area (Å²) in [4.78, 5) is 4.48. The van der Waals surface area contributed by atoms with Gasteiger partial charge in [0.1, 0.15) is 0 Å². The molecule has 0 aliphatic carbocycles. The second-order valence-corrected chi connectivity index (χ2v) is 4.00. The molecule has 0 unspecified atom stereocenters. The molecular formula is C13H18N2. The summed E-state index contributed by atoms with van der Waals surface area (Å²) in [5.41, 5.74) is 4.03. The van der Waals surface area contributed by atoms with Crippen molar-refractivity contribution >= 4 is 0 Å². The molecule has 1 aliphatic heterocycles. The molecule has 2 nitrogen and oxygen atoms in total. The minimum absolute atomic E-state index is 1.02. The van der Waals surface area contributed by atoms with E-state index in [4.69, 9.17) is 0 Å². The molecule has 0 amide bonds. The van der Waals surface area contributed by atoms with Gasteiger partial charge < -0.3 is 5.32 Å². The zero-order chi connectivity index (χ0) is 10.5. The third-order valence-electron chi connectivity index (χ3n) is 2.86. The Morgan fingerprint density at radius 2 is 2.33 bits per heavy atom. The standard InChI is InChI=1S/C13H18N2/c1-2-11-3-4-13(15-10-11)9-12-5-7-14-8-6-12/h3-5,10,14H,2,6-9H2,1H3. The number of aryl methyl sites for hydroxylation is 1. The Hall–Kier alpha value is -1.15. The van der Waals surface area contributed by atoms with Gasteiger partial charge in [-0.2, -0.15) is 0 Å². The summed E-state index contributed by atoms with van der Waals surface area (Å²) in [5.74, 6) is 0. The van der Waals surface area contributed by atoms with Gasteiger partial charge in [0.15, 0.2) is 0 Å². The van der Waals surface area contributed by atoms with Crippen LogP contribution in [0.2, 0.25) is 0 Å². The van der Waals surface area contributed by atoms with Crippen LogP contribution in [0.5, 0.6) is 0 Å². The zero-order valence-corrected chi connectivity index (χ0v) is 9.29. The van der Waals surface area contributed by atoms with E-state index in [0.717, 1.165) is 32.4 Å². The third kappa shape index (κ3) is 2.90. The van der Waals surface area contributed by atoms with Crippen LogP contribution in [0.25, 0.3) is 0 Å². The Morgan fingerprint density at radius 3 is 2.93 bits per heavy atom. The van der Waals surface area contributed by atoms with Crippen LogP contribution in [0.15, 0.2) is 30.0 Å². The topological polar surface area (TPSA) is 24.9 Å². The van der Waals surface area contributed by atoms with E-state index in [0.29, 0.717) is 0 Å². The van der Waals surface area contributed by atoms with Crippen LogP contribution >= 0.6 is 0 Å². The van der Waals surface area contributed by atoms with Crippen molar-refractivity contribution in [2.75, 3.05) is 13.1 Å². The summed E-state index contributed by atoms with van der Waals surface area (Å²) in [6.45, 7) is 4.28. The van der Waals surface area contributed by atoms with Gasteiger partial charge in [0.05, 0.1) is 0 Å². The van der Waals surface area contributed by atoms with E-state index in [1.165, 1.54) is 16.8 Å². The van der Waals surface area contributed by atoms with Crippen molar-refractivity contribution in [3.8, 4) is 0 Å². The highest BCUT2D eigenvalue weighted by Crippen LogP contribution is 2.11. The molecule has 1 aromatic heterocycles. The summed E-state index contributed by atoms with van der Waals surface area (Å²) in [6, 6.07) is 4.34. The Kier molecular flexibility index (Phi) is 3.51. The van der Waals surface area contributed by atoms with E-state index in [-0.39, 0.29) is 0 Å². The maximum atomic E-state index is 4.48. The molecule has 1 N–H and O–H groups in total. The van der Waals surface area contributed by atoms with Crippen LogP contribution in [0.4, 0.5) is 0 Å². The molecule has 2 heteroatoms. The molecular weight excluding hydrogens is 184 g/mol. The number of aromatic nitrogens is 1. The molecule has 2 rings (SSSR count). The number of pyridine rings is 1. The van der Waals surface area contributed by atoms with Crippen LogP contribution in [0.3, 0.4) is 0 Å². The number of nitrogens with zero attached hydrogens (tertiary/aromatic N) is 1. The fraction of sp³-hybridized carbons (Fsp3) is 0.462. The molecule has 1 aromatic rings. The zero-order valence-electron chi connectivity index (χ0n) is 9.29. The summed E-state index contributed by atoms with van der Waals surface area (Å²) < 4.78 is 0. The Labute approximate surface area is 91.4 Å². The van der Waals surface area contributed by atoms with Gasteiger partial charge in [-0.1, -0.05) is 24.6 Å². The van der Waals surface area contributed by atoms with Gasteiger partial charge in [-0.25, -0.2) is 0 Å². The summed E-state index contributed by atoms with van der Waals surface area (Å²) in [5, 5.41) is 3.32. The molecule has 0 spiro atoms.